The van der Waals surface area contributed by atoms with Crippen LogP contribution in [-0.4, -0.2) is 47.0 Å². The van der Waals surface area contributed by atoms with Gasteiger partial charge < -0.3 is 14.8 Å². The summed E-state index contributed by atoms with van der Waals surface area (Å²) in [5.41, 5.74) is 1.06. The van der Waals surface area contributed by atoms with E-state index >= 15 is 8.78 Å². The maximum absolute atomic E-state index is 15.6. The number of halogens is 3. The highest BCUT2D eigenvalue weighted by Gasteiger charge is 2.38. The summed E-state index contributed by atoms with van der Waals surface area (Å²) >= 11 is 0. The van der Waals surface area contributed by atoms with E-state index in [-0.39, 0.29) is 24.5 Å². The lowest BCUT2D eigenvalue weighted by Crippen LogP contribution is -2.43. The maximum atomic E-state index is 15.6. The Balaban J connectivity index is 1.45. The Bertz CT molecular complexity index is 1190. The fourth-order valence-electron chi connectivity index (χ4n) is 5.97. The number of hydrogen-bond acceptors (Lipinski definition) is 3. The molecule has 194 valence electrons. The summed E-state index contributed by atoms with van der Waals surface area (Å²) in [5, 5.41) is 10.4. The number of aliphatic hydroxyl groups is 1. The standard InChI is InChI=1S/C29H35F3N2O2/c1-29(2,32)17-34-12-11-22-21-5-3-4-6-25(21)33-27(22)28(34)26-23(30)13-20(14-24(26)31)36-16-19-9-7-18(15-35)8-10-19/h3-6,13-14,18-19,28,33,35H,7-12,15-17H2,1-2H3. The number of rotatable bonds is 7. The van der Waals surface area contributed by atoms with Crippen LogP contribution in [0.2, 0.25) is 0 Å². The van der Waals surface area contributed by atoms with Gasteiger partial charge in [0.1, 0.15) is 23.1 Å². The molecule has 3 aromatic rings. The lowest BCUT2D eigenvalue weighted by Gasteiger charge is -2.38. The van der Waals surface area contributed by atoms with E-state index < -0.39 is 23.3 Å². The van der Waals surface area contributed by atoms with Gasteiger partial charge >= 0.3 is 0 Å². The van der Waals surface area contributed by atoms with E-state index in [0.717, 1.165) is 47.8 Å². The molecule has 2 aliphatic rings. The van der Waals surface area contributed by atoms with Crippen LogP contribution in [-0.2, 0) is 6.42 Å². The van der Waals surface area contributed by atoms with Gasteiger partial charge in [-0.25, -0.2) is 13.2 Å². The van der Waals surface area contributed by atoms with Crippen molar-refractivity contribution in [3.8, 4) is 5.75 Å². The average molecular weight is 501 g/mol. The van der Waals surface area contributed by atoms with Crippen LogP contribution in [0.3, 0.4) is 0 Å². The number of aliphatic hydroxyl groups excluding tert-OH is 1. The van der Waals surface area contributed by atoms with Gasteiger partial charge in [-0.1, -0.05) is 18.2 Å². The molecule has 1 aliphatic carbocycles. The number of benzene rings is 2. The van der Waals surface area contributed by atoms with Crippen LogP contribution in [0.1, 0.15) is 62.4 Å². The van der Waals surface area contributed by atoms with E-state index in [9.17, 15) is 9.50 Å². The molecular weight excluding hydrogens is 465 g/mol. The topological polar surface area (TPSA) is 48.5 Å². The number of nitrogens with zero attached hydrogens (tertiary/aromatic N) is 1. The number of nitrogens with one attached hydrogen (secondary N) is 1. The molecule has 1 fully saturated rings. The van der Waals surface area contributed by atoms with Gasteiger partial charge in [0, 0.05) is 54.0 Å². The number of aromatic amines is 1. The van der Waals surface area contributed by atoms with Crippen molar-refractivity contribution in [1.29, 1.82) is 0 Å². The Labute approximate surface area is 210 Å². The van der Waals surface area contributed by atoms with E-state index in [1.165, 1.54) is 26.0 Å². The number of aromatic nitrogens is 1. The highest BCUT2D eigenvalue weighted by Crippen LogP contribution is 2.42. The molecule has 0 bridgehead atoms. The molecule has 1 unspecified atom stereocenters. The van der Waals surface area contributed by atoms with Crippen molar-refractivity contribution >= 4 is 10.9 Å². The Hall–Kier alpha value is -2.51. The zero-order chi connectivity index (χ0) is 25.4. The minimum Gasteiger partial charge on any atom is -0.493 e. The number of fused-ring (bicyclic) bond motifs is 3. The molecule has 4 nitrogen and oxygen atoms in total. The van der Waals surface area contributed by atoms with Gasteiger partial charge in [0.25, 0.3) is 0 Å². The SMILES string of the molecule is CC(C)(F)CN1CCc2c([nH]c3ccccc23)C1c1c(F)cc(OCC2CCC(CO)CC2)cc1F. The van der Waals surface area contributed by atoms with E-state index in [2.05, 4.69) is 4.98 Å². The molecule has 2 aromatic carbocycles. The molecule has 0 saturated heterocycles. The Kier molecular flexibility index (Phi) is 7.05. The first-order valence-electron chi connectivity index (χ1n) is 13.0. The molecule has 7 heteroatoms. The summed E-state index contributed by atoms with van der Waals surface area (Å²) in [5.74, 6) is -0.548. The Morgan fingerprint density at radius 2 is 1.72 bits per heavy atom. The van der Waals surface area contributed by atoms with E-state index in [1.54, 1.807) is 0 Å². The minimum absolute atomic E-state index is 0.0557. The molecule has 1 aliphatic heterocycles. The first-order chi connectivity index (χ1) is 17.2. The molecule has 1 saturated carbocycles. The summed E-state index contributed by atoms with van der Waals surface area (Å²) in [6.45, 7) is 4.14. The number of H-pyrrole nitrogens is 1. The fraction of sp³-hybridized carbons (Fsp3) is 0.517. The molecule has 0 amide bonds. The van der Waals surface area contributed by atoms with Crippen LogP contribution < -0.4 is 4.74 Å². The first-order valence-corrected chi connectivity index (χ1v) is 13.0. The molecule has 2 heterocycles. The Morgan fingerprint density at radius 3 is 2.39 bits per heavy atom. The first kappa shape index (κ1) is 25.2. The van der Waals surface area contributed by atoms with E-state index in [4.69, 9.17) is 4.74 Å². The Morgan fingerprint density at radius 1 is 1.06 bits per heavy atom. The number of ether oxygens (including phenoxy) is 1. The maximum Gasteiger partial charge on any atom is 0.135 e. The van der Waals surface area contributed by atoms with Gasteiger partial charge in [0.2, 0.25) is 0 Å². The van der Waals surface area contributed by atoms with Gasteiger partial charge in [-0.05, 0) is 69.4 Å². The van der Waals surface area contributed by atoms with Gasteiger partial charge in [0.05, 0.1) is 12.6 Å². The third-order valence-corrected chi connectivity index (χ3v) is 7.75. The number of para-hydroxylation sites is 1. The zero-order valence-corrected chi connectivity index (χ0v) is 21.0. The second kappa shape index (κ2) is 10.1. The van der Waals surface area contributed by atoms with Crippen LogP contribution in [0.5, 0.6) is 5.75 Å². The van der Waals surface area contributed by atoms with Crippen LogP contribution in [0.15, 0.2) is 36.4 Å². The van der Waals surface area contributed by atoms with Crippen molar-refractivity contribution in [1.82, 2.24) is 9.88 Å². The normalized spacial score (nSPS) is 23.1. The van der Waals surface area contributed by atoms with Gasteiger partial charge in [-0.15, -0.1) is 0 Å². The largest absolute Gasteiger partial charge is 0.493 e. The molecule has 2 N–H and O–H groups in total. The van der Waals surface area contributed by atoms with Crippen LogP contribution in [0, 0.1) is 23.5 Å². The number of hydrogen-bond donors (Lipinski definition) is 2. The quantitative estimate of drug-likeness (QED) is 0.399. The molecular formula is C29H35F3N2O2. The zero-order valence-electron chi connectivity index (χ0n) is 21.0. The van der Waals surface area contributed by atoms with Gasteiger partial charge in [-0.3, -0.25) is 4.90 Å². The van der Waals surface area contributed by atoms with Crippen LogP contribution >= 0.6 is 0 Å². The van der Waals surface area contributed by atoms with Crippen molar-refractivity contribution in [2.75, 3.05) is 26.3 Å². The summed E-state index contributed by atoms with van der Waals surface area (Å²) < 4.78 is 51.8. The summed E-state index contributed by atoms with van der Waals surface area (Å²) in [6.07, 6.45) is 4.44. The van der Waals surface area contributed by atoms with E-state index in [0.29, 0.717) is 31.4 Å². The molecule has 1 aromatic heterocycles. The number of alkyl halides is 1. The van der Waals surface area contributed by atoms with E-state index in [1.807, 2.05) is 29.2 Å². The van der Waals surface area contributed by atoms with Crippen LogP contribution in [0.25, 0.3) is 10.9 Å². The monoisotopic (exact) mass is 500 g/mol. The second-order valence-electron chi connectivity index (χ2n) is 11.1. The second-order valence-corrected chi connectivity index (χ2v) is 11.1. The van der Waals surface area contributed by atoms with Crippen molar-refractivity contribution in [2.24, 2.45) is 11.8 Å². The van der Waals surface area contributed by atoms with Crippen molar-refractivity contribution in [3.63, 3.8) is 0 Å². The highest BCUT2D eigenvalue weighted by atomic mass is 19.1. The average Bonchev–Trinajstić information content (AvgIpc) is 3.21. The predicted molar refractivity (Wildman–Crippen MR) is 135 cm³/mol. The summed E-state index contributed by atoms with van der Waals surface area (Å²) in [4.78, 5) is 5.21. The fourth-order valence-corrected chi connectivity index (χ4v) is 5.97. The summed E-state index contributed by atoms with van der Waals surface area (Å²) in [6, 6.07) is 9.58. The molecule has 1 atom stereocenters. The van der Waals surface area contributed by atoms with Crippen molar-refractivity contribution in [2.45, 2.75) is 57.7 Å². The van der Waals surface area contributed by atoms with Gasteiger partial charge in [-0.2, -0.15) is 0 Å². The molecule has 5 rings (SSSR count). The van der Waals surface area contributed by atoms with Crippen LogP contribution in [0.4, 0.5) is 13.2 Å². The molecule has 0 radical (unpaired) electrons. The van der Waals surface area contributed by atoms with Crippen molar-refractivity contribution < 1.29 is 23.0 Å². The highest BCUT2D eigenvalue weighted by molar-refractivity contribution is 5.85. The minimum atomic E-state index is -1.52. The third kappa shape index (κ3) is 5.14. The predicted octanol–water partition coefficient (Wildman–Crippen LogP) is 6.32. The summed E-state index contributed by atoms with van der Waals surface area (Å²) in [7, 11) is 0. The van der Waals surface area contributed by atoms with Crippen molar-refractivity contribution in [3.05, 3.63) is 64.9 Å². The lowest BCUT2D eigenvalue weighted by molar-refractivity contribution is 0.0961. The third-order valence-electron chi connectivity index (χ3n) is 7.75. The lowest BCUT2D eigenvalue weighted by atomic mass is 9.83. The molecule has 36 heavy (non-hydrogen) atoms. The smallest absolute Gasteiger partial charge is 0.135 e. The van der Waals surface area contributed by atoms with Gasteiger partial charge in [0.15, 0.2) is 0 Å². The molecule has 0 spiro atoms.